The van der Waals surface area contributed by atoms with Crippen LogP contribution in [-0.4, -0.2) is 43.6 Å². The molecule has 0 saturated carbocycles. The first-order chi connectivity index (χ1) is 14.6. The van der Waals surface area contributed by atoms with Crippen LogP contribution in [0.5, 0.6) is 0 Å². The second-order valence-electron chi connectivity index (χ2n) is 6.63. The zero-order valence-electron chi connectivity index (χ0n) is 15.8. The first kappa shape index (κ1) is 19.6. The van der Waals surface area contributed by atoms with Crippen molar-refractivity contribution >= 4 is 40.1 Å². The van der Waals surface area contributed by atoms with Gasteiger partial charge >= 0.3 is 0 Å². The molecule has 0 spiro atoms. The van der Waals surface area contributed by atoms with Gasteiger partial charge in [0.1, 0.15) is 11.0 Å². The number of carbonyl (C=O) groups is 2. The van der Waals surface area contributed by atoms with E-state index in [2.05, 4.69) is 31.1 Å². The number of carbonyl (C=O) groups excluding carboxylic acids is 2. The summed E-state index contributed by atoms with van der Waals surface area (Å²) in [6.45, 7) is 0.777. The quantitative estimate of drug-likeness (QED) is 0.422. The monoisotopic (exact) mass is 423 g/mol. The summed E-state index contributed by atoms with van der Waals surface area (Å²) >= 11 is 5.89. The number of anilines is 1. The summed E-state index contributed by atoms with van der Waals surface area (Å²) in [5.41, 5.74) is 3.39. The van der Waals surface area contributed by atoms with Gasteiger partial charge in [-0.2, -0.15) is 20.5 Å². The van der Waals surface area contributed by atoms with Crippen molar-refractivity contribution in [2.75, 3.05) is 11.9 Å². The second kappa shape index (κ2) is 8.75. The second-order valence-corrected chi connectivity index (χ2v) is 7.07. The van der Waals surface area contributed by atoms with Crippen molar-refractivity contribution in [1.29, 1.82) is 0 Å². The summed E-state index contributed by atoms with van der Waals surface area (Å²) in [5.74, 6) is -0.489. The summed E-state index contributed by atoms with van der Waals surface area (Å²) in [4.78, 5) is 24.4. The molecule has 2 aromatic carbocycles. The third-order valence-corrected chi connectivity index (χ3v) is 4.64. The Morgan fingerprint density at radius 2 is 1.87 bits per heavy atom. The molecule has 0 fully saturated rings. The largest absolute Gasteiger partial charge is 0.352 e. The topological polar surface area (TPSA) is 118 Å². The van der Waals surface area contributed by atoms with Crippen molar-refractivity contribution in [3.8, 4) is 0 Å². The zero-order valence-corrected chi connectivity index (χ0v) is 16.6. The molecule has 2 heterocycles. The molecule has 9 nitrogen and oxygen atoms in total. The van der Waals surface area contributed by atoms with Gasteiger partial charge in [0.2, 0.25) is 5.91 Å². The Morgan fingerprint density at radius 3 is 2.70 bits per heavy atom. The van der Waals surface area contributed by atoms with E-state index in [1.54, 1.807) is 35.3 Å². The van der Waals surface area contributed by atoms with E-state index >= 15 is 0 Å². The number of rotatable bonds is 7. The normalized spacial score (nSPS) is 10.8. The Bertz CT molecular complexity index is 1180. The van der Waals surface area contributed by atoms with Crippen LogP contribution in [-0.2, 0) is 11.3 Å². The van der Waals surface area contributed by atoms with E-state index in [1.165, 1.54) is 0 Å². The van der Waals surface area contributed by atoms with Crippen LogP contribution in [0.2, 0.25) is 5.02 Å². The van der Waals surface area contributed by atoms with Crippen LogP contribution in [0.1, 0.15) is 22.3 Å². The Balaban J connectivity index is 1.24. The SMILES string of the molecule is O=C(CCNC(=O)c1ccc2n[nH]nc2c1)Nc1cnn(Cc2ccc(Cl)cc2)c1. The maximum Gasteiger partial charge on any atom is 0.251 e. The maximum absolute atomic E-state index is 12.2. The lowest BCUT2D eigenvalue weighted by atomic mass is 10.2. The van der Waals surface area contributed by atoms with Gasteiger partial charge in [-0.05, 0) is 35.9 Å². The summed E-state index contributed by atoms with van der Waals surface area (Å²) in [6.07, 6.45) is 3.47. The van der Waals surface area contributed by atoms with Crippen molar-refractivity contribution in [2.24, 2.45) is 0 Å². The molecule has 0 saturated heterocycles. The summed E-state index contributed by atoms with van der Waals surface area (Å²) < 4.78 is 1.72. The van der Waals surface area contributed by atoms with Gasteiger partial charge in [0.15, 0.2) is 0 Å². The van der Waals surface area contributed by atoms with Gasteiger partial charge in [-0.25, -0.2) is 0 Å². The predicted octanol–water partition coefficient (Wildman–Crippen LogP) is 2.61. The van der Waals surface area contributed by atoms with Crippen molar-refractivity contribution < 1.29 is 9.59 Å². The van der Waals surface area contributed by atoms with E-state index in [0.29, 0.717) is 33.9 Å². The molecular weight excluding hydrogens is 406 g/mol. The fraction of sp³-hybridized carbons (Fsp3) is 0.150. The number of fused-ring (bicyclic) bond motifs is 1. The van der Waals surface area contributed by atoms with Crippen LogP contribution in [0.15, 0.2) is 54.9 Å². The molecule has 0 atom stereocenters. The average Bonchev–Trinajstić information content (AvgIpc) is 3.38. The van der Waals surface area contributed by atoms with Crippen molar-refractivity contribution in [2.45, 2.75) is 13.0 Å². The number of hydrogen-bond donors (Lipinski definition) is 3. The molecule has 10 heteroatoms. The molecule has 0 bridgehead atoms. The maximum atomic E-state index is 12.2. The minimum Gasteiger partial charge on any atom is -0.352 e. The Labute approximate surface area is 176 Å². The Hall–Kier alpha value is -3.72. The highest BCUT2D eigenvalue weighted by atomic mass is 35.5. The standard InChI is InChI=1S/C20H18ClN7O2/c21-15-4-1-13(2-5-15)11-28-12-16(10-23-28)24-19(29)7-8-22-20(30)14-3-6-17-18(9-14)26-27-25-17/h1-6,9-10,12H,7-8,11H2,(H,22,30)(H,24,29)(H,25,26,27). The van der Waals surface area contributed by atoms with E-state index in [0.717, 1.165) is 5.56 Å². The van der Waals surface area contributed by atoms with Gasteiger partial charge in [-0.1, -0.05) is 23.7 Å². The predicted molar refractivity (Wildman–Crippen MR) is 112 cm³/mol. The number of nitrogens with zero attached hydrogens (tertiary/aromatic N) is 4. The molecule has 2 amide bonds. The molecular formula is C20H18ClN7O2. The molecule has 152 valence electrons. The van der Waals surface area contributed by atoms with Gasteiger partial charge in [0.25, 0.3) is 5.91 Å². The highest BCUT2D eigenvalue weighted by Crippen LogP contribution is 2.13. The van der Waals surface area contributed by atoms with E-state index in [9.17, 15) is 9.59 Å². The van der Waals surface area contributed by atoms with E-state index in [-0.39, 0.29) is 24.8 Å². The number of halogens is 1. The molecule has 0 radical (unpaired) electrons. The number of hydrogen-bond acceptors (Lipinski definition) is 5. The molecule has 2 aromatic heterocycles. The lowest BCUT2D eigenvalue weighted by molar-refractivity contribution is -0.116. The van der Waals surface area contributed by atoms with Crippen LogP contribution in [0.25, 0.3) is 11.0 Å². The van der Waals surface area contributed by atoms with Crippen LogP contribution < -0.4 is 10.6 Å². The third kappa shape index (κ3) is 4.81. The number of amides is 2. The van der Waals surface area contributed by atoms with E-state index in [4.69, 9.17) is 11.6 Å². The van der Waals surface area contributed by atoms with Crippen molar-refractivity contribution in [1.82, 2.24) is 30.5 Å². The van der Waals surface area contributed by atoms with E-state index in [1.807, 2.05) is 24.3 Å². The molecule has 4 aromatic rings. The number of benzene rings is 2. The number of H-pyrrole nitrogens is 1. The van der Waals surface area contributed by atoms with E-state index < -0.39 is 0 Å². The zero-order chi connectivity index (χ0) is 20.9. The summed E-state index contributed by atoms with van der Waals surface area (Å²) in [5, 5.41) is 20.8. The molecule has 0 aliphatic carbocycles. The van der Waals surface area contributed by atoms with Gasteiger partial charge in [0, 0.05) is 29.7 Å². The highest BCUT2D eigenvalue weighted by molar-refractivity contribution is 6.30. The van der Waals surface area contributed by atoms with Crippen LogP contribution >= 0.6 is 11.6 Å². The third-order valence-electron chi connectivity index (χ3n) is 4.39. The van der Waals surface area contributed by atoms with Crippen LogP contribution in [0.3, 0.4) is 0 Å². The summed E-state index contributed by atoms with van der Waals surface area (Å²) in [6, 6.07) is 12.5. The fourth-order valence-electron chi connectivity index (χ4n) is 2.89. The Kier molecular flexibility index (Phi) is 5.71. The van der Waals surface area contributed by atoms with Gasteiger partial charge in [0.05, 0.1) is 18.4 Å². The van der Waals surface area contributed by atoms with Gasteiger partial charge in [-0.3, -0.25) is 14.3 Å². The lowest BCUT2D eigenvalue weighted by Crippen LogP contribution is -2.27. The molecule has 0 aliphatic rings. The molecule has 0 aliphatic heterocycles. The van der Waals surface area contributed by atoms with Crippen LogP contribution in [0.4, 0.5) is 5.69 Å². The minimum absolute atomic E-state index is 0.139. The number of aromatic amines is 1. The fourth-order valence-corrected chi connectivity index (χ4v) is 3.01. The van der Waals surface area contributed by atoms with Crippen LogP contribution in [0, 0.1) is 0 Å². The number of aromatic nitrogens is 5. The smallest absolute Gasteiger partial charge is 0.251 e. The van der Waals surface area contributed by atoms with Crippen molar-refractivity contribution in [3.05, 3.63) is 71.0 Å². The molecule has 4 rings (SSSR count). The lowest BCUT2D eigenvalue weighted by Gasteiger charge is -2.06. The number of nitrogens with one attached hydrogen (secondary N) is 3. The van der Waals surface area contributed by atoms with Gasteiger partial charge < -0.3 is 10.6 Å². The van der Waals surface area contributed by atoms with Gasteiger partial charge in [-0.15, -0.1) is 0 Å². The molecule has 3 N–H and O–H groups in total. The first-order valence-electron chi connectivity index (χ1n) is 9.22. The summed E-state index contributed by atoms with van der Waals surface area (Å²) in [7, 11) is 0. The molecule has 0 unspecified atom stereocenters. The van der Waals surface area contributed by atoms with Crippen molar-refractivity contribution in [3.63, 3.8) is 0 Å². The Morgan fingerprint density at radius 1 is 1.07 bits per heavy atom. The highest BCUT2D eigenvalue weighted by Gasteiger charge is 2.10. The first-order valence-corrected chi connectivity index (χ1v) is 9.60. The minimum atomic E-state index is -0.275. The average molecular weight is 424 g/mol. The molecule has 30 heavy (non-hydrogen) atoms.